The predicted molar refractivity (Wildman–Crippen MR) is 540 cm³/mol. The van der Waals surface area contributed by atoms with E-state index in [0.29, 0.717) is 138 Å². The lowest BCUT2D eigenvalue weighted by Gasteiger charge is -2.42. The summed E-state index contributed by atoms with van der Waals surface area (Å²) < 4.78 is 0. The lowest BCUT2D eigenvalue weighted by molar-refractivity contribution is -0.123. The van der Waals surface area contributed by atoms with E-state index in [-0.39, 0.29) is 34.6 Å². The van der Waals surface area contributed by atoms with Crippen molar-refractivity contribution in [2.45, 2.75) is 208 Å². The third kappa shape index (κ3) is 18.4. The van der Waals surface area contributed by atoms with Gasteiger partial charge in [0, 0.05) is 142 Å². The third-order valence-electron chi connectivity index (χ3n) is 31.7. The number of amides is 1. The number of primary amides is 1. The molecule has 0 aromatic carbocycles. The first-order chi connectivity index (χ1) is 66.4. The maximum absolute atomic E-state index is 11.5. The number of carbonyl (C=O) groups excluding carboxylic acids is 1. The summed E-state index contributed by atoms with van der Waals surface area (Å²) in [6.45, 7) is 27.0. The van der Waals surface area contributed by atoms with E-state index in [2.05, 4.69) is 133 Å². The fourth-order valence-electron chi connectivity index (χ4n) is 22.3. The largest absolute Gasteiger partial charge is 0.393 e. The average molecular weight is 1950 g/mol. The van der Waals surface area contributed by atoms with Gasteiger partial charge in [-0.05, 0) is 189 Å². The number of nitrogens with one attached hydrogen (secondary N) is 4. The SMILES string of the molecule is C[C@@H]1C[C@@H](O)CC12CCN(c1cnc3c(-c4ccnc(N)c4Cl)[nH]nc3n1)CC2.Cc1cc(C2=NCc3nc(N4CCC5(CCC[C@H]5N)CC4)cnc32)c(Cl)cn1.Cc1n[nH]c(C)c1-c1[nH]nc2nc(N3CCC4(CCC[C@H]4C)CC3)cnc12.Cc1nccc(C2=NCc3nc(N4CCC(C)(C(C)N)CC4)cnc32)c1Cl.NC(=O)C1(N)CCN(c2cnc3c(-c4ccnc(N)c4Cl)[nH]nc3n2)CC1. The van der Waals surface area contributed by atoms with E-state index in [9.17, 15) is 9.90 Å². The Balaban J connectivity index is 0.000000110. The van der Waals surface area contributed by atoms with Gasteiger partial charge in [0.2, 0.25) is 22.8 Å². The Labute approximate surface area is 819 Å². The monoisotopic (exact) mass is 1950 g/mol. The maximum atomic E-state index is 11.5. The Morgan fingerprint density at radius 3 is 1.38 bits per heavy atom. The lowest BCUT2D eigenvalue weighted by Crippen LogP contribution is -2.58. The number of aromatic nitrogens is 22. The molecular weight excluding hydrogens is 1830 g/mol. The van der Waals surface area contributed by atoms with Crippen LogP contribution in [0.3, 0.4) is 0 Å². The molecule has 0 radical (unpaired) electrons. The zero-order chi connectivity index (χ0) is 96.4. The normalized spacial score (nSPS) is 21.1. The van der Waals surface area contributed by atoms with Gasteiger partial charge in [0.1, 0.15) is 68.7 Å². The summed E-state index contributed by atoms with van der Waals surface area (Å²) in [7, 11) is 0. The number of nitrogen functional groups attached to an aromatic ring is 2. The van der Waals surface area contributed by atoms with Crippen LogP contribution in [0.4, 0.5) is 40.7 Å². The van der Waals surface area contributed by atoms with E-state index in [0.717, 1.165) is 218 Å². The van der Waals surface area contributed by atoms with Crippen LogP contribution in [0, 0.1) is 61.2 Å². The van der Waals surface area contributed by atoms with Gasteiger partial charge in [-0.15, -0.1) is 0 Å². The number of piperidine rings is 5. The zero-order valence-corrected chi connectivity index (χ0v) is 82.1. The predicted octanol–water partition coefficient (Wildman–Crippen LogP) is 13.6. The Morgan fingerprint density at radius 1 is 0.486 bits per heavy atom. The van der Waals surface area contributed by atoms with Crippen molar-refractivity contribution in [1.82, 2.24) is 111 Å². The Morgan fingerprint density at radius 2 is 0.920 bits per heavy atom. The molecule has 13 aromatic heterocycles. The molecule has 10 aliphatic rings. The molecule has 7 aliphatic heterocycles. The van der Waals surface area contributed by atoms with E-state index >= 15 is 0 Å². The number of aromatic amines is 4. The molecule has 41 heteroatoms. The number of pyridine rings is 4. The minimum absolute atomic E-state index is 0.149. The Hall–Kier alpha value is -12.0. The highest BCUT2D eigenvalue weighted by atomic mass is 35.5. The van der Waals surface area contributed by atoms with Crippen LogP contribution in [-0.4, -0.2) is 222 Å². The lowest BCUT2D eigenvalue weighted by atomic mass is 9.71. The molecule has 20 heterocycles. The van der Waals surface area contributed by atoms with Crippen molar-refractivity contribution in [2.24, 2.45) is 66.4 Å². The average Bonchev–Trinajstić information content (AvgIpc) is 1.58. The van der Waals surface area contributed by atoms with Gasteiger partial charge in [-0.2, -0.15) is 20.4 Å². The molecule has 23 rings (SSSR count). The smallest absolute Gasteiger partial charge is 0.237 e. The summed E-state index contributed by atoms with van der Waals surface area (Å²) in [4.78, 5) is 95.7. The van der Waals surface area contributed by atoms with Crippen molar-refractivity contribution in [3.05, 3.63) is 157 Å². The van der Waals surface area contributed by atoms with Gasteiger partial charge in [0.15, 0.2) is 0 Å². The fraction of sp³-hybridized carbons (Fsp3) is 0.495. The molecule has 1 amide bonds. The van der Waals surface area contributed by atoms with Crippen molar-refractivity contribution in [2.75, 3.05) is 101 Å². The number of aliphatic imine (C=N–C) groups is 2. The van der Waals surface area contributed by atoms with Crippen LogP contribution in [0.15, 0.2) is 90.0 Å². The fourth-order valence-corrected chi connectivity index (χ4v) is 23.1. The minimum Gasteiger partial charge on any atom is -0.393 e. The highest BCUT2D eigenvalue weighted by Gasteiger charge is 2.48. The van der Waals surface area contributed by atoms with Gasteiger partial charge in [-0.25, -0.2) is 59.8 Å². The minimum atomic E-state index is -0.967. The number of nitrogens with zero attached hydrogens (tertiary/aromatic N) is 25. The van der Waals surface area contributed by atoms with E-state index in [1.165, 1.54) is 51.4 Å². The van der Waals surface area contributed by atoms with Gasteiger partial charge < -0.3 is 64.0 Å². The van der Waals surface area contributed by atoms with Crippen LogP contribution in [-0.2, 0) is 17.9 Å². The molecule has 138 heavy (non-hydrogen) atoms. The number of hydrogen-bond donors (Lipinski definition) is 11. The number of H-pyrrole nitrogens is 4. The summed E-state index contributed by atoms with van der Waals surface area (Å²) in [6.07, 6.45) is 35.4. The molecule has 13 aromatic rings. The van der Waals surface area contributed by atoms with Crippen molar-refractivity contribution in [1.29, 1.82) is 0 Å². The van der Waals surface area contributed by atoms with Gasteiger partial charge in [-0.1, -0.05) is 86.4 Å². The van der Waals surface area contributed by atoms with Crippen molar-refractivity contribution in [3.63, 3.8) is 0 Å². The number of carbonyl (C=O) groups is 1. The first kappa shape index (κ1) is 95.0. The van der Waals surface area contributed by atoms with Crippen LogP contribution < -0.4 is 58.9 Å². The number of aliphatic hydroxyl groups excluding tert-OH is 1. The van der Waals surface area contributed by atoms with E-state index < -0.39 is 11.4 Å². The van der Waals surface area contributed by atoms with E-state index in [1.54, 1.807) is 49.3 Å². The second-order valence-corrected chi connectivity index (χ2v) is 41.2. The Kier molecular flexibility index (Phi) is 26.6. The number of hydrogen-bond acceptors (Lipinski definition) is 32. The highest BCUT2D eigenvalue weighted by Crippen LogP contribution is 2.53. The third-order valence-corrected chi connectivity index (χ3v) is 33.2. The van der Waals surface area contributed by atoms with Gasteiger partial charge >= 0.3 is 0 Å². The molecule has 5 saturated heterocycles. The van der Waals surface area contributed by atoms with Crippen LogP contribution in [0.25, 0.3) is 67.3 Å². The molecule has 1 unspecified atom stereocenters. The van der Waals surface area contributed by atoms with E-state index in [4.69, 9.17) is 116 Å². The quantitative estimate of drug-likeness (QED) is 0.0541. The summed E-state index contributed by atoms with van der Waals surface area (Å²) >= 11 is 25.4. The number of aliphatic hydroxyl groups is 1. The second-order valence-electron chi connectivity index (χ2n) is 39.6. The topological polar surface area (TPSA) is 530 Å². The van der Waals surface area contributed by atoms with Crippen LogP contribution in [0.5, 0.6) is 0 Å². The standard InChI is InChI=1S/C21H25ClN6.C20H24ClN7O.C20H25ClN6.C20H27N7.C16H18ClN9O/c1-13-9-14(15(22)10-24-13)19-20-16(11-25-19)27-18(12-26-20)28-7-5-21(6-8-28)4-2-3-17(21)23;1-11-8-12(29)9-20(11)3-6-28(7-4-20)14-10-24-17-16(26-27-19(17)25-14)13-2-5-23-18(22)15(13)21;1-12-17(21)14(4-7-23-12)18-19-15(10-24-18)26-16(11-25-19)27-8-5-20(3,6-9-27)13(2)22;1-12-5-4-6-20(12)7-9-27(10-8-20)15-11-21-18-17(25-26-19(18)22-15)16-13(2)23-24-14(16)3;17-10-8(1-4-21-13(10)18)11-12-14(25-24-11)23-9(7-22-12)26-5-2-16(20,3-6-26)15(19)27/h9-10,12,17H,2-8,11,23H2,1H3;2,5,10-12,29H,3-4,6-9H2,1H3,(H2,22,23)(H,25,26,27);4,7,11,13H,5-6,8-10,22H2,1-3H3;11-12H,4-10H2,1-3H3,(H,23,24)(H,22,25,26);1,4,7H,2-3,5-6,20H2,(H2,18,21)(H2,19,27)(H,23,24,25)/t17-;11-,12-;;12-;/m11.1./s1. The molecule has 37 nitrogen and oxygen atoms in total. The number of rotatable bonds is 12. The molecule has 722 valence electrons. The molecule has 8 fully saturated rings. The van der Waals surface area contributed by atoms with Gasteiger partial charge in [0.05, 0.1) is 127 Å². The summed E-state index contributed by atoms with van der Waals surface area (Å²) in [6, 6.07) is 7.93. The first-order valence-electron chi connectivity index (χ1n) is 47.9. The van der Waals surface area contributed by atoms with Crippen LogP contribution in [0.1, 0.15) is 200 Å². The second kappa shape index (κ2) is 38.7. The molecule has 5 atom stereocenters. The van der Waals surface area contributed by atoms with Crippen molar-refractivity contribution >= 4 is 138 Å². The molecular formula is C97H119Cl4N35O2. The Bertz CT molecular complexity index is 6750. The number of fused-ring (bicyclic) bond motifs is 5. The molecule has 3 spiro atoms. The van der Waals surface area contributed by atoms with Gasteiger partial charge in [-0.3, -0.25) is 45.1 Å². The number of anilines is 7. The van der Waals surface area contributed by atoms with Crippen LogP contribution >= 0.6 is 46.4 Å². The summed E-state index contributed by atoms with van der Waals surface area (Å²) in [5.41, 5.74) is 54.9. The van der Waals surface area contributed by atoms with Crippen molar-refractivity contribution < 1.29 is 9.90 Å². The number of halogens is 4. The first-order valence-corrected chi connectivity index (χ1v) is 49.4. The molecule has 3 aliphatic carbocycles. The maximum Gasteiger partial charge on any atom is 0.237 e. The van der Waals surface area contributed by atoms with Gasteiger partial charge in [0.25, 0.3) is 0 Å². The van der Waals surface area contributed by atoms with E-state index in [1.807, 2.05) is 63.3 Å². The summed E-state index contributed by atoms with van der Waals surface area (Å²) in [5, 5.41) is 41.3. The molecule has 0 bridgehead atoms. The summed E-state index contributed by atoms with van der Waals surface area (Å²) in [5.74, 6) is 5.77. The number of nitrogens with two attached hydrogens (primary N) is 6. The van der Waals surface area contributed by atoms with Crippen molar-refractivity contribution in [3.8, 4) is 33.8 Å². The van der Waals surface area contributed by atoms with Crippen LogP contribution in [0.2, 0.25) is 20.1 Å². The molecule has 3 saturated carbocycles. The highest BCUT2D eigenvalue weighted by molar-refractivity contribution is 6.37. The molecule has 17 N–H and O–H groups in total. The zero-order valence-electron chi connectivity index (χ0n) is 79.1. The number of aryl methyl sites for hydroxylation is 4.